The molecule has 106 valence electrons. The van der Waals surface area contributed by atoms with Crippen LogP contribution in [0.25, 0.3) is 0 Å². The Morgan fingerprint density at radius 2 is 2.25 bits per heavy atom. The Bertz CT molecular complexity index is 587. The summed E-state index contributed by atoms with van der Waals surface area (Å²) in [6.45, 7) is 4.06. The van der Waals surface area contributed by atoms with Crippen LogP contribution in [0.15, 0.2) is 24.3 Å². The predicted octanol–water partition coefficient (Wildman–Crippen LogP) is 1.50. The molecule has 2 aromatic rings. The van der Waals surface area contributed by atoms with Gasteiger partial charge in [0.15, 0.2) is 6.61 Å². The van der Waals surface area contributed by atoms with Gasteiger partial charge in [0.2, 0.25) is 0 Å². The number of carbonyl (C=O) groups is 1. The molecule has 0 saturated carbocycles. The molecule has 0 saturated heterocycles. The minimum Gasteiger partial charge on any atom is -0.484 e. The number of H-pyrrole nitrogens is 1. The molecule has 1 heterocycles. The molecule has 1 amide bonds. The third-order valence-electron chi connectivity index (χ3n) is 2.90. The van der Waals surface area contributed by atoms with Gasteiger partial charge in [0.05, 0.1) is 17.1 Å². The summed E-state index contributed by atoms with van der Waals surface area (Å²) in [4.78, 5) is 11.8. The molecule has 0 unspecified atom stereocenters. The Morgan fingerprint density at radius 1 is 1.45 bits per heavy atom. The molecule has 0 fully saturated rings. The molecule has 20 heavy (non-hydrogen) atoms. The molecule has 1 aromatic carbocycles. The van der Waals surface area contributed by atoms with Crippen molar-refractivity contribution in [2.75, 3.05) is 11.9 Å². The van der Waals surface area contributed by atoms with E-state index < -0.39 is 0 Å². The van der Waals surface area contributed by atoms with E-state index >= 15 is 0 Å². The summed E-state index contributed by atoms with van der Waals surface area (Å²) in [5.74, 6) is 0.402. The van der Waals surface area contributed by atoms with Crippen molar-refractivity contribution in [3.8, 4) is 5.75 Å². The van der Waals surface area contributed by atoms with E-state index in [1.165, 1.54) is 0 Å². The summed E-state index contributed by atoms with van der Waals surface area (Å²) in [5.41, 5.74) is 8.79. The minimum absolute atomic E-state index is 0.0575. The van der Waals surface area contributed by atoms with Crippen molar-refractivity contribution in [2.24, 2.45) is 5.73 Å². The number of nitrogens with one attached hydrogen (secondary N) is 2. The van der Waals surface area contributed by atoms with E-state index in [1.807, 2.05) is 32.0 Å². The Morgan fingerprint density at radius 3 is 2.90 bits per heavy atom. The van der Waals surface area contributed by atoms with Gasteiger partial charge in [-0.3, -0.25) is 9.89 Å². The third-order valence-corrected chi connectivity index (χ3v) is 2.90. The predicted molar refractivity (Wildman–Crippen MR) is 76.5 cm³/mol. The Labute approximate surface area is 117 Å². The summed E-state index contributed by atoms with van der Waals surface area (Å²) in [6, 6.07) is 7.37. The van der Waals surface area contributed by atoms with Crippen molar-refractivity contribution in [1.29, 1.82) is 0 Å². The van der Waals surface area contributed by atoms with Gasteiger partial charge in [-0.05, 0) is 31.5 Å². The van der Waals surface area contributed by atoms with Crippen molar-refractivity contribution >= 4 is 11.6 Å². The first-order valence-corrected chi connectivity index (χ1v) is 6.33. The smallest absolute Gasteiger partial charge is 0.262 e. The van der Waals surface area contributed by atoms with Crippen LogP contribution < -0.4 is 15.8 Å². The van der Waals surface area contributed by atoms with Crippen molar-refractivity contribution in [3.63, 3.8) is 0 Å². The van der Waals surface area contributed by atoms with Gasteiger partial charge in [-0.25, -0.2) is 0 Å². The van der Waals surface area contributed by atoms with Crippen LogP contribution in [-0.4, -0.2) is 22.7 Å². The molecule has 0 radical (unpaired) electrons. The monoisotopic (exact) mass is 274 g/mol. The average molecular weight is 274 g/mol. The first-order chi connectivity index (χ1) is 9.60. The highest BCUT2D eigenvalue weighted by atomic mass is 16.5. The summed E-state index contributed by atoms with van der Waals surface area (Å²) in [7, 11) is 0. The number of aromatic amines is 1. The number of benzene rings is 1. The number of ether oxygens (including phenoxy) is 1. The van der Waals surface area contributed by atoms with Gasteiger partial charge in [0.25, 0.3) is 5.91 Å². The van der Waals surface area contributed by atoms with Crippen LogP contribution in [0.4, 0.5) is 5.69 Å². The maximum atomic E-state index is 11.8. The van der Waals surface area contributed by atoms with Crippen molar-refractivity contribution in [1.82, 2.24) is 10.2 Å². The number of anilines is 1. The SMILES string of the molecule is Cc1n[nH]c(C)c1NC(=O)COc1cccc(CN)c1. The summed E-state index contributed by atoms with van der Waals surface area (Å²) >= 11 is 0. The Balaban J connectivity index is 1.92. The van der Waals surface area contributed by atoms with E-state index in [2.05, 4.69) is 15.5 Å². The van der Waals surface area contributed by atoms with Crippen LogP contribution in [0.1, 0.15) is 17.0 Å². The molecule has 0 aliphatic rings. The van der Waals surface area contributed by atoms with Crippen LogP contribution in [0.2, 0.25) is 0 Å². The number of amides is 1. The second kappa shape index (κ2) is 6.21. The second-order valence-corrected chi connectivity index (χ2v) is 4.50. The average Bonchev–Trinajstić information content (AvgIpc) is 2.77. The number of hydrogen-bond donors (Lipinski definition) is 3. The standard InChI is InChI=1S/C14H18N4O2/c1-9-14(10(2)18-17-9)16-13(19)8-20-12-5-3-4-11(6-12)7-15/h3-6H,7-8,15H2,1-2H3,(H,16,19)(H,17,18). The van der Waals surface area contributed by atoms with Gasteiger partial charge >= 0.3 is 0 Å². The molecule has 6 nitrogen and oxygen atoms in total. The lowest BCUT2D eigenvalue weighted by atomic mass is 10.2. The number of carbonyl (C=O) groups excluding carboxylic acids is 1. The molecule has 1 aromatic heterocycles. The van der Waals surface area contributed by atoms with Crippen molar-refractivity contribution in [3.05, 3.63) is 41.2 Å². The molecule has 0 bridgehead atoms. The minimum atomic E-state index is -0.226. The van der Waals surface area contributed by atoms with Gasteiger partial charge in [-0.1, -0.05) is 12.1 Å². The lowest BCUT2D eigenvalue weighted by Gasteiger charge is -2.08. The molecule has 0 atom stereocenters. The Kier molecular flexibility index (Phi) is 4.37. The number of aryl methyl sites for hydroxylation is 2. The molecule has 0 spiro atoms. The second-order valence-electron chi connectivity index (χ2n) is 4.50. The number of nitrogens with zero attached hydrogens (tertiary/aromatic N) is 1. The lowest BCUT2D eigenvalue weighted by molar-refractivity contribution is -0.118. The fourth-order valence-corrected chi connectivity index (χ4v) is 1.82. The van der Waals surface area contributed by atoms with E-state index in [0.29, 0.717) is 18.0 Å². The fraction of sp³-hybridized carbons (Fsp3) is 0.286. The van der Waals surface area contributed by atoms with Crippen LogP contribution in [-0.2, 0) is 11.3 Å². The Hall–Kier alpha value is -2.34. The normalized spacial score (nSPS) is 10.3. The first kappa shape index (κ1) is 14.1. The number of nitrogens with two attached hydrogens (primary N) is 1. The summed E-state index contributed by atoms with van der Waals surface area (Å²) in [5, 5.41) is 9.60. The molecular formula is C14H18N4O2. The number of hydrogen-bond acceptors (Lipinski definition) is 4. The van der Waals surface area contributed by atoms with Crippen LogP contribution in [0.5, 0.6) is 5.75 Å². The largest absolute Gasteiger partial charge is 0.484 e. The van der Waals surface area contributed by atoms with E-state index in [1.54, 1.807) is 6.07 Å². The zero-order valence-corrected chi connectivity index (χ0v) is 11.6. The molecule has 2 rings (SSSR count). The number of rotatable bonds is 5. The highest BCUT2D eigenvalue weighted by Crippen LogP contribution is 2.16. The molecular weight excluding hydrogens is 256 g/mol. The van der Waals surface area contributed by atoms with Gasteiger partial charge < -0.3 is 15.8 Å². The lowest BCUT2D eigenvalue weighted by Crippen LogP contribution is -2.20. The highest BCUT2D eigenvalue weighted by molar-refractivity contribution is 5.92. The van der Waals surface area contributed by atoms with Gasteiger partial charge in [-0.15, -0.1) is 0 Å². The van der Waals surface area contributed by atoms with E-state index in [0.717, 1.165) is 17.0 Å². The van der Waals surface area contributed by atoms with Gasteiger partial charge in [-0.2, -0.15) is 5.10 Å². The van der Waals surface area contributed by atoms with Crippen molar-refractivity contribution in [2.45, 2.75) is 20.4 Å². The van der Waals surface area contributed by atoms with E-state index in [-0.39, 0.29) is 12.5 Å². The van der Waals surface area contributed by atoms with Gasteiger partial charge in [0.1, 0.15) is 5.75 Å². The maximum absolute atomic E-state index is 11.8. The quantitative estimate of drug-likeness (QED) is 0.770. The van der Waals surface area contributed by atoms with Crippen LogP contribution in [0.3, 0.4) is 0 Å². The van der Waals surface area contributed by atoms with Crippen LogP contribution >= 0.6 is 0 Å². The molecule has 0 aliphatic carbocycles. The zero-order valence-electron chi connectivity index (χ0n) is 11.6. The van der Waals surface area contributed by atoms with Gasteiger partial charge in [0, 0.05) is 6.54 Å². The van der Waals surface area contributed by atoms with E-state index in [9.17, 15) is 4.79 Å². The topological polar surface area (TPSA) is 93.0 Å². The summed E-state index contributed by atoms with van der Waals surface area (Å²) < 4.78 is 5.44. The maximum Gasteiger partial charge on any atom is 0.262 e. The first-order valence-electron chi connectivity index (χ1n) is 6.33. The summed E-state index contributed by atoms with van der Waals surface area (Å²) in [6.07, 6.45) is 0. The number of aromatic nitrogens is 2. The van der Waals surface area contributed by atoms with Crippen molar-refractivity contribution < 1.29 is 9.53 Å². The van der Waals surface area contributed by atoms with E-state index in [4.69, 9.17) is 10.5 Å². The third kappa shape index (κ3) is 3.36. The highest BCUT2D eigenvalue weighted by Gasteiger charge is 2.10. The molecule has 0 aliphatic heterocycles. The van der Waals surface area contributed by atoms with Crippen LogP contribution in [0, 0.1) is 13.8 Å². The molecule has 4 N–H and O–H groups in total. The zero-order chi connectivity index (χ0) is 14.5. The molecule has 6 heteroatoms. The fourth-order valence-electron chi connectivity index (χ4n) is 1.82.